The molecule has 0 aromatic heterocycles. The fourth-order valence-electron chi connectivity index (χ4n) is 2.92. The lowest BCUT2D eigenvalue weighted by Crippen LogP contribution is -2.36. The summed E-state index contributed by atoms with van der Waals surface area (Å²) in [6.07, 6.45) is 1.52. The molecule has 0 unspecified atom stereocenters. The van der Waals surface area contributed by atoms with Crippen molar-refractivity contribution in [2.24, 2.45) is 0 Å². The van der Waals surface area contributed by atoms with Crippen LogP contribution >= 0.6 is 11.6 Å². The number of halogens is 1. The molecule has 0 radical (unpaired) electrons. The molecule has 2 aromatic rings. The molecular weight excluding hydrogens is 378 g/mol. The third-order valence-electron chi connectivity index (χ3n) is 4.33. The molecule has 7 heteroatoms. The lowest BCUT2D eigenvalue weighted by atomic mass is 10.1. The summed E-state index contributed by atoms with van der Waals surface area (Å²) in [6, 6.07) is 14.4. The van der Waals surface area contributed by atoms with E-state index in [0.717, 1.165) is 18.8 Å². The predicted molar refractivity (Wildman–Crippen MR) is 110 cm³/mol. The molecule has 1 aliphatic rings. The number of benzene rings is 2. The maximum atomic E-state index is 12.7. The van der Waals surface area contributed by atoms with E-state index in [2.05, 4.69) is 10.2 Å². The molecule has 1 aliphatic heterocycles. The van der Waals surface area contributed by atoms with E-state index in [0.29, 0.717) is 35.2 Å². The minimum Gasteiger partial charge on any atom is -0.497 e. The van der Waals surface area contributed by atoms with Crippen molar-refractivity contribution in [2.45, 2.75) is 0 Å². The zero-order chi connectivity index (χ0) is 19.9. The summed E-state index contributed by atoms with van der Waals surface area (Å²) in [4.78, 5) is 14.8. The minimum atomic E-state index is -0.498. The van der Waals surface area contributed by atoms with E-state index in [1.54, 1.807) is 43.5 Å². The number of hydrogen-bond acceptors (Lipinski definition) is 5. The quantitative estimate of drug-likeness (QED) is 0.614. The maximum Gasteiger partial charge on any atom is 0.266 e. The summed E-state index contributed by atoms with van der Waals surface area (Å²) in [6.45, 7) is 2.68. The van der Waals surface area contributed by atoms with Gasteiger partial charge in [0.15, 0.2) is 0 Å². The molecule has 2 aromatic carbocycles. The molecule has 144 valence electrons. The number of hydrogen-bond donors (Lipinski definition) is 1. The van der Waals surface area contributed by atoms with Crippen molar-refractivity contribution in [3.63, 3.8) is 0 Å². The first-order valence-electron chi connectivity index (χ1n) is 8.80. The highest BCUT2D eigenvalue weighted by Gasteiger charge is 2.18. The molecule has 0 saturated carbocycles. The van der Waals surface area contributed by atoms with Gasteiger partial charge in [-0.15, -0.1) is 0 Å². The largest absolute Gasteiger partial charge is 0.497 e. The third-order valence-corrected chi connectivity index (χ3v) is 4.56. The van der Waals surface area contributed by atoms with E-state index >= 15 is 0 Å². The number of methoxy groups -OCH3 is 1. The van der Waals surface area contributed by atoms with Gasteiger partial charge in [0.1, 0.15) is 17.4 Å². The number of carbonyl (C=O) groups excluding carboxylic acids is 1. The van der Waals surface area contributed by atoms with Crippen LogP contribution in [0.3, 0.4) is 0 Å². The smallest absolute Gasteiger partial charge is 0.266 e. The van der Waals surface area contributed by atoms with Gasteiger partial charge in [-0.2, -0.15) is 5.26 Å². The Labute approximate surface area is 168 Å². The normalized spacial score (nSPS) is 14.3. The van der Waals surface area contributed by atoms with Crippen molar-refractivity contribution in [1.82, 2.24) is 0 Å². The van der Waals surface area contributed by atoms with Crippen LogP contribution in [0.15, 0.2) is 48.0 Å². The topological polar surface area (TPSA) is 74.6 Å². The molecule has 1 amide bonds. The summed E-state index contributed by atoms with van der Waals surface area (Å²) in [7, 11) is 1.56. The van der Waals surface area contributed by atoms with Crippen molar-refractivity contribution < 1.29 is 14.3 Å². The van der Waals surface area contributed by atoms with Gasteiger partial charge in [-0.1, -0.05) is 23.7 Å². The number of nitriles is 1. The van der Waals surface area contributed by atoms with Crippen molar-refractivity contribution in [3.05, 3.63) is 58.6 Å². The predicted octanol–water partition coefficient (Wildman–Crippen LogP) is 3.73. The van der Waals surface area contributed by atoms with Crippen LogP contribution in [-0.4, -0.2) is 39.3 Å². The van der Waals surface area contributed by atoms with Gasteiger partial charge in [-0.3, -0.25) is 4.79 Å². The van der Waals surface area contributed by atoms with Crippen molar-refractivity contribution in [3.8, 4) is 11.8 Å². The van der Waals surface area contributed by atoms with Crippen LogP contribution in [0.4, 0.5) is 11.4 Å². The van der Waals surface area contributed by atoms with Gasteiger partial charge >= 0.3 is 0 Å². The van der Waals surface area contributed by atoms with Crippen molar-refractivity contribution in [1.29, 1.82) is 5.26 Å². The average molecular weight is 398 g/mol. The Morgan fingerprint density at radius 1 is 1.29 bits per heavy atom. The highest BCUT2D eigenvalue weighted by molar-refractivity contribution is 6.31. The first-order chi connectivity index (χ1) is 13.6. The number of amides is 1. The summed E-state index contributed by atoms with van der Waals surface area (Å²) >= 11 is 6.13. The van der Waals surface area contributed by atoms with Crippen LogP contribution in [0.25, 0.3) is 6.08 Å². The molecule has 0 spiro atoms. The molecule has 0 aliphatic carbocycles. The van der Waals surface area contributed by atoms with Gasteiger partial charge in [0.2, 0.25) is 0 Å². The van der Waals surface area contributed by atoms with Crippen molar-refractivity contribution in [2.75, 3.05) is 43.6 Å². The summed E-state index contributed by atoms with van der Waals surface area (Å²) in [5.41, 5.74) is 2.10. The van der Waals surface area contributed by atoms with E-state index in [-0.39, 0.29) is 5.57 Å². The Morgan fingerprint density at radius 2 is 2.07 bits per heavy atom. The molecule has 1 fully saturated rings. The molecule has 6 nitrogen and oxygen atoms in total. The Bertz CT molecular complexity index is 931. The van der Waals surface area contributed by atoms with Gasteiger partial charge in [-0.05, 0) is 42.0 Å². The van der Waals surface area contributed by atoms with Crippen LogP contribution in [0.2, 0.25) is 5.02 Å². The van der Waals surface area contributed by atoms with Gasteiger partial charge in [0.05, 0.1) is 31.7 Å². The zero-order valence-corrected chi connectivity index (χ0v) is 16.2. The fourth-order valence-corrected chi connectivity index (χ4v) is 3.10. The first-order valence-corrected chi connectivity index (χ1v) is 9.18. The molecule has 1 N–H and O–H groups in total. The second-order valence-corrected chi connectivity index (χ2v) is 6.60. The molecular formula is C21H20ClN3O3. The van der Waals surface area contributed by atoms with Gasteiger partial charge in [-0.25, -0.2) is 0 Å². The average Bonchev–Trinajstić information content (AvgIpc) is 2.73. The molecule has 1 heterocycles. The van der Waals surface area contributed by atoms with Crippen LogP contribution in [-0.2, 0) is 9.53 Å². The fraction of sp³-hybridized carbons (Fsp3) is 0.238. The highest BCUT2D eigenvalue weighted by Crippen LogP contribution is 2.30. The molecule has 0 bridgehead atoms. The zero-order valence-electron chi connectivity index (χ0n) is 15.4. The van der Waals surface area contributed by atoms with Crippen LogP contribution in [0.5, 0.6) is 5.75 Å². The van der Waals surface area contributed by atoms with Gasteiger partial charge in [0, 0.05) is 18.1 Å². The lowest BCUT2D eigenvalue weighted by molar-refractivity contribution is -0.112. The van der Waals surface area contributed by atoms with Crippen molar-refractivity contribution >= 4 is 35.0 Å². The Kier molecular flexibility index (Phi) is 6.53. The molecule has 28 heavy (non-hydrogen) atoms. The standard InChI is InChI=1S/C21H20ClN3O3/c1-27-18-4-2-3-15(12-18)11-16(14-23)21(26)24-19-13-17(22)5-6-20(19)25-7-9-28-10-8-25/h2-6,11-13H,7-10H2,1H3,(H,24,26)/b16-11+. The Balaban J connectivity index is 1.85. The number of morpholine rings is 1. The minimum absolute atomic E-state index is 0.0128. The van der Waals surface area contributed by atoms with Gasteiger partial charge in [0.25, 0.3) is 5.91 Å². The van der Waals surface area contributed by atoms with Crippen LogP contribution < -0.4 is 15.0 Å². The summed E-state index contributed by atoms with van der Waals surface area (Å²) in [5, 5.41) is 12.8. The SMILES string of the molecule is COc1cccc(/C=C(\C#N)C(=O)Nc2cc(Cl)ccc2N2CCOCC2)c1. The van der Waals surface area contributed by atoms with Crippen LogP contribution in [0.1, 0.15) is 5.56 Å². The van der Waals surface area contributed by atoms with Crippen LogP contribution in [0, 0.1) is 11.3 Å². The monoisotopic (exact) mass is 397 g/mol. The Hall–Kier alpha value is -3.01. The lowest BCUT2D eigenvalue weighted by Gasteiger charge is -2.30. The van der Waals surface area contributed by atoms with E-state index < -0.39 is 5.91 Å². The van der Waals surface area contributed by atoms with E-state index in [4.69, 9.17) is 21.1 Å². The third kappa shape index (κ3) is 4.83. The number of carbonyl (C=O) groups is 1. The van der Waals surface area contributed by atoms with Gasteiger partial charge < -0.3 is 19.7 Å². The summed E-state index contributed by atoms with van der Waals surface area (Å²) in [5.74, 6) is 0.151. The number of nitrogens with one attached hydrogen (secondary N) is 1. The number of nitrogens with zero attached hydrogens (tertiary/aromatic N) is 2. The molecule has 3 rings (SSSR count). The van der Waals surface area contributed by atoms with E-state index in [9.17, 15) is 10.1 Å². The second kappa shape index (κ2) is 9.27. The highest BCUT2D eigenvalue weighted by atomic mass is 35.5. The molecule has 1 saturated heterocycles. The second-order valence-electron chi connectivity index (χ2n) is 6.16. The maximum absolute atomic E-state index is 12.7. The number of ether oxygens (including phenoxy) is 2. The Morgan fingerprint density at radius 3 is 2.79 bits per heavy atom. The number of rotatable bonds is 5. The first kappa shape index (κ1) is 19.7. The number of anilines is 2. The van der Waals surface area contributed by atoms with E-state index in [1.807, 2.05) is 12.1 Å². The summed E-state index contributed by atoms with van der Waals surface area (Å²) < 4.78 is 10.6. The molecule has 0 atom stereocenters. The van der Waals surface area contributed by atoms with E-state index in [1.165, 1.54) is 6.08 Å².